The second kappa shape index (κ2) is 7.07. The Morgan fingerprint density at radius 1 is 1.28 bits per heavy atom. The highest BCUT2D eigenvalue weighted by molar-refractivity contribution is 7.18. The Bertz CT molecular complexity index is 1160. The average Bonchev–Trinajstić information content (AvgIpc) is 3.32. The fraction of sp³-hybridized carbons (Fsp3) is 0.350. The lowest BCUT2D eigenvalue weighted by Crippen LogP contribution is -2.17. The Balaban J connectivity index is 1.38. The molecule has 1 N–H and O–H groups in total. The molecule has 1 aliphatic carbocycles. The number of H-pyrrole nitrogens is 1. The number of hydrogen-bond acceptors (Lipinski definition) is 8. The number of aryl methyl sites for hydroxylation is 2. The number of nitrogens with one attached hydrogen (secondary N) is 1. The first kappa shape index (κ1) is 18.0. The zero-order chi connectivity index (χ0) is 20.0. The van der Waals surface area contributed by atoms with E-state index in [9.17, 15) is 9.59 Å². The summed E-state index contributed by atoms with van der Waals surface area (Å²) in [5, 5.41) is 0.675. The van der Waals surface area contributed by atoms with Gasteiger partial charge in [-0.25, -0.2) is 9.78 Å². The maximum atomic E-state index is 12.5. The Kier molecular flexibility index (Phi) is 4.39. The van der Waals surface area contributed by atoms with E-state index < -0.39 is 5.97 Å². The van der Waals surface area contributed by atoms with Crippen LogP contribution in [0.2, 0.25) is 0 Å². The molecule has 9 heteroatoms. The number of methoxy groups -OCH3 is 1. The molecule has 0 radical (unpaired) electrons. The largest absolute Gasteiger partial charge is 0.493 e. The number of rotatable bonds is 4. The Morgan fingerprint density at radius 3 is 3.00 bits per heavy atom. The van der Waals surface area contributed by atoms with Crippen LogP contribution in [0.5, 0.6) is 17.2 Å². The van der Waals surface area contributed by atoms with E-state index in [1.165, 1.54) is 12.0 Å². The predicted octanol–water partition coefficient (Wildman–Crippen LogP) is 2.61. The molecule has 5 rings (SSSR count). The van der Waals surface area contributed by atoms with Crippen molar-refractivity contribution in [1.82, 2.24) is 9.97 Å². The monoisotopic (exact) mass is 414 g/mol. The van der Waals surface area contributed by atoms with Crippen LogP contribution in [-0.2, 0) is 24.2 Å². The van der Waals surface area contributed by atoms with Crippen molar-refractivity contribution in [2.24, 2.45) is 0 Å². The van der Waals surface area contributed by atoms with Crippen LogP contribution in [-0.4, -0.2) is 36.3 Å². The minimum absolute atomic E-state index is 0.136. The third-order valence-corrected chi connectivity index (χ3v) is 6.21. The molecule has 0 saturated heterocycles. The van der Waals surface area contributed by atoms with Crippen LogP contribution in [0.15, 0.2) is 16.9 Å². The van der Waals surface area contributed by atoms with Gasteiger partial charge in [0, 0.05) is 4.88 Å². The molecule has 0 spiro atoms. The minimum Gasteiger partial charge on any atom is -0.493 e. The molecule has 2 aliphatic rings. The number of thiophene rings is 1. The van der Waals surface area contributed by atoms with Gasteiger partial charge in [-0.15, -0.1) is 11.3 Å². The third kappa shape index (κ3) is 3.11. The first-order chi connectivity index (χ1) is 14.1. The van der Waals surface area contributed by atoms with Crippen LogP contribution < -0.4 is 19.8 Å². The van der Waals surface area contributed by atoms with Crippen molar-refractivity contribution in [3.63, 3.8) is 0 Å². The summed E-state index contributed by atoms with van der Waals surface area (Å²) in [5.74, 6) is 1.05. The molecule has 0 bridgehead atoms. The van der Waals surface area contributed by atoms with Gasteiger partial charge < -0.3 is 23.9 Å². The molecule has 0 fully saturated rings. The van der Waals surface area contributed by atoms with Crippen LogP contribution in [0, 0.1) is 0 Å². The summed E-state index contributed by atoms with van der Waals surface area (Å²) >= 11 is 1.55. The number of esters is 1. The van der Waals surface area contributed by atoms with Crippen LogP contribution in [0.25, 0.3) is 10.2 Å². The second-order valence-corrected chi connectivity index (χ2v) is 7.91. The fourth-order valence-electron chi connectivity index (χ4n) is 3.72. The molecule has 2 aromatic heterocycles. The number of carbonyl (C=O) groups is 1. The summed E-state index contributed by atoms with van der Waals surface area (Å²) < 4.78 is 21.7. The van der Waals surface area contributed by atoms with E-state index in [0.29, 0.717) is 46.5 Å². The van der Waals surface area contributed by atoms with E-state index in [4.69, 9.17) is 18.9 Å². The lowest BCUT2D eigenvalue weighted by molar-refractivity contribution is 0.0460. The fourth-order valence-corrected chi connectivity index (χ4v) is 5.00. The van der Waals surface area contributed by atoms with Gasteiger partial charge in [-0.3, -0.25) is 4.79 Å². The molecule has 3 heterocycles. The normalized spacial score (nSPS) is 14.7. The van der Waals surface area contributed by atoms with Crippen LogP contribution in [0.1, 0.15) is 33.0 Å². The smallest absolute Gasteiger partial charge is 0.338 e. The van der Waals surface area contributed by atoms with Gasteiger partial charge in [-0.05, 0) is 37.0 Å². The average molecular weight is 414 g/mol. The quantitative estimate of drug-likeness (QED) is 0.655. The van der Waals surface area contributed by atoms with Crippen molar-refractivity contribution in [1.29, 1.82) is 0 Å². The van der Waals surface area contributed by atoms with Gasteiger partial charge in [0.25, 0.3) is 5.56 Å². The summed E-state index contributed by atoms with van der Waals surface area (Å²) in [6.07, 6.45) is 2.99. The number of ether oxygens (including phenoxy) is 4. The van der Waals surface area contributed by atoms with E-state index in [2.05, 4.69) is 9.97 Å². The molecule has 29 heavy (non-hydrogen) atoms. The Labute approximate surface area is 169 Å². The number of aromatic nitrogens is 2. The van der Waals surface area contributed by atoms with Gasteiger partial charge in [-0.2, -0.15) is 0 Å². The summed E-state index contributed by atoms with van der Waals surface area (Å²) in [5.41, 5.74) is 1.21. The Hall–Kier alpha value is -3.07. The van der Waals surface area contributed by atoms with Crippen molar-refractivity contribution in [3.8, 4) is 17.2 Å². The van der Waals surface area contributed by atoms with Crippen molar-refractivity contribution in [2.45, 2.75) is 25.9 Å². The molecule has 0 amide bonds. The molecule has 0 unspecified atom stereocenters. The highest BCUT2D eigenvalue weighted by Gasteiger charge is 2.23. The molecule has 1 aromatic carbocycles. The SMILES string of the molecule is COc1cc(C(=O)OCc2nc3sc4c(c3c(=O)[nH]2)CCC4)cc2c1OCCO2. The number of nitrogens with zero attached hydrogens (tertiary/aromatic N) is 1. The van der Waals surface area contributed by atoms with Gasteiger partial charge in [0.05, 0.1) is 18.1 Å². The summed E-state index contributed by atoms with van der Waals surface area (Å²) in [6, 6.07) is 3.10. The van der Waals surface area contributed by atoms with E-state index in [-0.39, 0.29) is 17.7 Å². The molecular weight excluding hydrogens is 396 g/mol. The molecule has 1 aliphatic heterocycles. The molecular formula is C20H18N2O6S. The summed E-state index contributed by atoms with van der Waals surface area (Å²) in [6.45, 7) is 0.675. The molecule has 8 nitrogen and oxygen atoms in total. The summed E-state index contributed by atoms with van der Waals surface area (Å²) in [4.78, 5) is 34.2. The van der Waals surface area contributed by atoms with Crippen LogP contribution in [0.4, 0.5) is 0 Å². The van der Waals surface area contributed by atoms with E-state index in [0.717, 1.165) is 24.8 Å². The predicted molar refractivity (Wildman–Crippen MR) is 105 cm³/mol. The van der Waals surface area contributed by atoms with Crippen LogP contribution in [0.3, 0.4) is 0 Å². The van der Waals surface area contributed by atoms with Crippen molar-refractivity contribution >= 4 is 27.5 Å². The van der Waals surface area contributed by atoms with Gasteiger partial charge in [0.1, 0.15) is 30.5 Å². The van der Waals surface area contributed by atoms with E-state index in [1.54, 1.807) is 23.5 Å². The zero-order valence-electron chi connectivity index (χ0n) is 15.7. The van der Waals surface area contributed by atoms with E-state index in [1.807, 2.05) is 0 Å². The highest BCUT2D eigenvalue weighted by Crippen LogP contribution is 2.40. The standard InChI is InChI=1S/C20H18N2O6S/c1-25-12-7-10(8-13-17(12)27-6-5-26-13)20(24)28-9-15-21-18(23)16-11-3-2-4-14(11)29-19(16)22-15/h7-8H,2-6,9H2,1H3,(H,21,22,23). The lowest BCUT2D eigenvalue weighted by Gasteiger charge is -2.21. The van der Waals surface area contributed by atoms with Crippen molar-refractivity contribution in [3.05, 3.63) is 44.3 Å². The van der Waals surface area contributed by atoms with Gasteiger partial charge in [0.15, 0.2) is 11.5 Å². The van der Waals surface area contributed by atoms with Crippen LogP contribution >= 0.6 is 11.3 Å². The third-order valence-electron chi connectivity index (χ3n) is 5.03. The second-order valence-electron chi connectivity index (χ2n) is 6.83. The zero-order valence-corrected chi connectivity index (χ0v) is 16.5. The topological polar surface area (TPSA) is 99.7 Å². The first-order valence-corrected chi connectivity index (χ1v) is 10.1. The van der Waals surface area contributed by atoms with E-state index >= 15 is 0 Å². The first-order valence-electron chi connectivity index (χ1n) is 9.32. The maximum absolute atomic E-state index is 12.5. The number of hydrogen-bond donors (Lipinski definition) is 1. The van der Waals surface area contributed by atoms with Gasteiger partial charge in [0.2, 0.25) is 5.75 Å². The molecule has 0 atom stereocenters. The number of benzene rings is 1. The van der Waals surface area contributed by atoms with Gasteiger partial charge in [-0.1, -0.05) is 0 Å². The minimum atomic E-state index is -0.573. The lowest BCUT2D eigenvalue weighted by atomic mass is 10.1. The van der Waals surface area contributed by atoms with Crippen molar-refractivity contribution < 1.29 is 23.7 Å². The maximum Gasteiger partial charge on any atom is 0.338 e. The molecule has 150 valence electrons. The highest BCUT2D eigenvalue weighted by atomic mass is 32.1. The number of fused-ring (bicyclic) bond motifs is 4. The van der Waals surface area contributed by atoms with Gasteiger partial charge >= 0.3 is 5.97 Å². The Morgan fingerprint density at radius 2 is 2.14 bits per heavy atom. The number of aromatic amines is 1. The molecule has 3 aromatic rings. The number of carbonyl (C=O) groups excluding carboxylic acids is 1. The molecule has 0 saturated carbocycles. The summed E-state index contributed by atoms with van der Waals surface area (Å²) in [7, 11) is 1.49. The van der Waals surface area contributed by atoms with Crippen molar-refractivity contribution in [2.75, 3.05) is 20.3 Å².